The fourth-order valence-electron chi connectivity index (χ4n) is 2.85. The highest BCUT2D eigenvalue weighted by Crippen LogP contribution is 2.22. The van der Waals surface area contributed by atoms with Crippen LogP contribution in [0.15, 0.2) is 18.2 Å². The lowest BCUT2D eigenvalue weighted by Gasteiger charge is -2.27. The number of aryl methyl sites for hydroxylation is 1. The second-order valence-electron chi connectivity index (χ2n) is 5.63. The zero-order valence-electron chi connectivity index (χ0n) is 14.4. The maximum absolute atomic E-state index is 5.77. The van der Waals surface area contributed by atoms with Gasteiger partial charge in [-0.3, -0.25) is 0 Å². The molecule has 21 heavy (non-hydrogen) atoms. The molecular formula is C18H33N3. The molecule has 0 fully saturated rings. The van der Waals surface area contributed by atoms with Crippen LogP contribution in [0.1, 0.15) is 38.3 Å². The lowest BCUT2D eigenvalue weighted by atomic mass is 10.0. The van der Waals surface area contributed by atoms with E-state index < -0.39 is 0 Å². The summed E-state index contributed by atoms with van der Waals surface area (Å²) >= 11 is 0. The summed E-state index contributed by atoms with van der Waals surface area (Å²) in [6, 6.07) is 6.76. The van der Waals surface area contributed by atoms with Crippen LogP contribution >= 0.6 is 0 Å². The van der Waals surface area contributed by atoms with Crippen LogP contribution in [0.2, 0.25) is 0 Å². The molecule has 120 valence electrons. The minimum absolute atomic E-state index is 0.716. The Kier molecular flexibility index (Phi) is 8.40. The molecule has 0 aliphatic heterocycles. The van der Waals surface area contributed by atoms with E-state index in [1.165, 1.54) is 29.8 Å². The van der Waals surface area contributed by atoms with Crippen molar-refractivity contribution in [2.24, 2.45) is 5.73 Å². The zero-order chi connectivity index (χ0) is 15.7. The van der Waals surface area contributed by atoms with Crippen LogP contribution in [0.3, 0.4) is 0 Å². The van der Waals surface area contributed by atoms with Crippen LogP contribution in [0, 0.1) is 6.92 Å². The van der Waals surface area contributed by atoms with E-state index in [2.05, 4.69) is 55.7 Å². The van der Waals surface area contributed by atoms with Crippen LogP contribution in [0.4, 0.5) is 5.69 Å². The van der Waals surface area contributed by atoms with Crippen molar-refractivity contribution in [3.8, 4) is 0 Å². The first kappa shape index (κ1) is 18.0. The first-order valence-electron chi connectivity index (χ1n) is 8.43. The summed E-state index contributed by atoms with van der Waals surface area (Å²) in [5.41, 5.74) is 9.85. The van der Waals surface area contributed by atoms with Crippen LogP contribution in [0.25, 0.3) is 0 Å². The van der Waals surface area contributed by atoms with Crippen molar-refractivity contribution in [1.82, 2.24) is 4.90 Å². The molecule has 0 saturated heterocycles. The van der Waals surface area contributed by atoms with Crippen molar-refractivity contribution in [3.63, 3.8) is 0 Å². The first-order chi connectivity index (χ1) is 10.2. The Balaban J connectivity index is 2.71. The monoisotopic (exact) mass is 291 g/mol. The molecule has 0 radical (unpaired) electrons. The predicted octanol–water partition coefficient (Wildman–Crippen LogP) is 3.05. The topological polar surface area (TPSA) is 32.5 Å². The SMILES string of the molecule is CCN(CC)CCCN(CC)c1ccc(C)cc1CCN. The van der Waals surface area contributed by atoms with Gasteiger partial charge in [0.2, 0.25) is 0 Å². The molecule has 0 heterocycles. The summed E-state index contributed by atoms with van der Waals surface area (Å²) in [4.78, 5) is 4.98. The number of hydrogen-bond acceptors (Lipinski definition) is 3. The van der Waals surface area contributed by atoms with Crippen molar-refractivity contribution in [1.29, 1.82) is 0 Å². The van der Waals surface area contributed by atoms with Crippen LogP contribution in [0.5, 0.6) is 0 Å². The molecule has 3 nitrogen and oxygen atoms in total. The number of hydrogen-bond donors (Lipinski definition) is 1. The maximum Gasteiger partial charge on any atom is 0.0399 e. The minimum atomic E-state index is 0.716. The van der Waals surface area contributed by atoms with Crippen LogP contribution in [-0.4, -0.2) is 44.2 Å². The molecule has 0 aliphatic rings. The fourth-order valence-corrected chi connectivity index (χ4v) is 2.85. The van der Waals surface area contributed by atoms with Crippen molar-refractivity contribution in [3.05, 3.63) is 29.3 Å². The summed E-state index contributed by atoms with van der Waals surface area (Å²) in [5, 5.41) is 0. The Labute approximate surface area is 131 Å². The third-order valence-corrected chi connectivity index (χ3v) is 4.17. The minimum Gasteiger partial charge on any atom is -0.372 e. The number of nitrogens with two attached hydrogens (primary N) is 1. The van der Waals surface area contributed by atoms with Crippen LogP contribution < -0.4 is 10.6 Å². The number of rotatable bonds is 10. The molecule has 0 spiro atoms. The first-order valence-corrected chi connectivity index (χ1v) is 8.43. The van der Waals surface area contributed by atoms with E-state index in [0.29, 0.717) is 6.54 Å². The zero-order valence-corrected chi connectivity index (χ0v) is 14.4. The molecule has 1 aromatic carbocycles. The lowest BCUT2D eigenvalue weighted by molar-refractivity contribution is 0.300. The predicted molar refractivity (Wildman–Crippen MR) is 94.2 cm³/mol. The van der Waals surface area contributed by atoms with E-state index in [1.807, 2.05) is 0 Å². The molecule has 1 rings (SSSR count). The average Bonchev–Trinajstić information content (AvgIpc) is 2.49. The van der Waals surface area contributed by atoms with Gasteiger partial charge in [0, 0.05) is 18.8 Å². The third-order valence-electron chi connectivity index (χ3n) is 4.17. The Hall–Kier alpha value is -1.06. The smallest absolute Gasteiger partial charge is 0.0399 e. The van der Waals surface area contributed by atoms with Crippen molar-refractivity contribution < 1.29 is 0 Å². The Morgan fingerprint density at radius 2 is 1.71 bits per heavy atom. The largest absolute Gasteiger partial charge is 0.372 e. The van der Waals surface area contributed by atoms with E-state index in [1.54, 1.807) is 0 Å². The highest BCUT2D eigenvalue weighted by atomic mass is 15.1. The summed E-state index contributed by atoms with van der Waals surface area (Å²) in [5.74, 6) is 0. The van der Waals surface area contributed by atoms with Crippen molar-refractivity contribution in [2.75, 3.05) is 44.2 Å². The summed E-state index contributed by atoms with van der Waals surface area (Å²) < 4.78 is 0. The molecule has 0 bridgehead atoms. The Morgan fingerprint density at radius 1 is 1.00 bits per heavy atom. The molecule has 2 N–H and O–H groups in total. The van der Waals surface area contributed by atoms with Crippen molar-refractivity contribution >= 4 is 5.69 Å². The van der Waals surface area contributed by atoms with Gasteiger partial charge in [0.15, 0.2) is 0 Å². The van der Waals surface area contributed by atoms with E-state index in [-0.39, 0.29) is 0 Å². The lowest BCUT2D eigenvalue weighted by Crippen LogP contribution is -2.30. The van der Waals surface area contributed by atoms with Crippen LogP contribution in [-0.2, 0) is 6.42 Å². The van der Waals surface area contributed by atoms with Crippen molar-refractivity contribution in [2.45, 2.75) is 40.5 Å². The van der Waals surface area contributed by atoms with Gasteiger partial charge in [-0.05, 0) is 64.5 Å². The summed E-state index contributed by atoms with van der Waals surface area (Å²) in [7, 11) is 0. The number of benzene rings is 1. The van der Waals surface area contributed by atoms with E-state index in [9.17, 15) is 0 Å². The molecule has 3 heteroatoms. The molecule has 0 amide bonds. The molecule has 0 unspecified atom stereocenters. The fraction of sp³-hybridized carbons (Fsp3) is 0.667. The third kappa shape index (κ3) is 5.68. The average molecular weight is 291 g/mol. The quantitative estimate of drug-likeness (QED) is 0.719. The molecule has 0 aromatic heterocycles. The van der Waals surface area contributed by atoms with Gasteiger partial charge in [0.05, 0.1) is 0 Å². The second-order valence-corrected chi connectivity index (χ2v) is 5.63. The highest BCUT2D eigenvalue weighted by molar-refractivity contribution is 5.55. The van der Waals surface area contributed by atoms with Gasteiger partial charge in [0.25, 0.3) is 0 Å². The van der Waals surface area contributed by atoms with Gasteiger partial charge in [-0.15, -0.1) is 0 Å². The van der Waals surface area contributed by atoms with E-state index in [0.717, 1.165) is 32.6 Å². The molecular weight excluding hydrogens is 258 g/mol. The molecule has 0 saturated carbocycles. The van der Waals surface area contributed by atoms with Gasteiger partial charge < -0.3 is 15.5 Å². The Bertz CT molecular complexity index is 399. The maximum atomic E-state index is 5.77. The van der Waals surface area contributed by atoms with E-state index >= 15 is 0 Å². The molecule has 0 atom stereocenters. The second kappa shape index (κ2) is 9.80. The normalized spacial score (nSPS) is 11.1. The number of anilines is 1. The molecule has 0 aliphatic carbocycles. The van der Waals surface area contributed by atoms with Gasteiger partial charge in [-0.25, -0.2) is 0 Å². The number of nitrogens with zero attached hydrogens (tertiary/aromatic N) is 2. The highest BCUT2D eigenvalue weighted by Gasteiger charge is 2.10. The van der Waals surface area contributed by atoms with E-state index in [4.69, 9.17) is 5.73 Å². The molecule has 1 aromatic rings. The van der Waals surface area contributed by atoms with Gasteiger partial charge in [-0.1, -0.05) is 31.5 Å². The Morgan fingerprint density at radius 3 is 2.29 bits per heavy atom. The van der Waals surface area contributed by atoms with Gasteiger partial charge in [0.1, 0.15) is 0 Å². The van der Waals surface area contributed by atoms with Gasteiger partial charge >= 0.3 is 0 Å². The van der Waals surface area contributed by atoms with Gasteiger partial charge in [-0.2, -0.15) is 0 Å². The standard InChI is InChI=1S/C18H33N3/c1-5-20(6-2)13-8-14-21(7-3)18-10-9-16(4)15-17(18)11-12-19/h9-10,15H,5-8,11-14,19H2,1-4H3. The summed E-state index contributed by atoms with van der Waals surface area (Å²) in [6.45, 7) is 15.2. The summed E-state index contributed by atoms with van der Waals surface area (Å²) in [6.07, 6.45) is 2.18.